The van der Waals surface area contributed by atoms with Gasteiger partial charge < -0.3 is 15.0 Å². The lowest BCUT2D eigenvalue weighted by Crippen LogP contribution is -2.32. The number of aliphatic imine (C=N–C) groups is 1. The molecule has 162 valence electrons. The van der Waals surface area contributed by atoms with E-state index < -0.39 is 17.1 Å². The molecule has 0 spiro atoms. The van der Waals surface area contributed by atoms with Crippen LogP contribution in [0.4, 0.5) is 17.2 Å². The van der Waals surface area contributed by atoms with E-state index in [1.165, 1.54) is 18.3 Å². The Morgan fingerprint density at radius 2 is 1.84 bits per heavy atom. The van der Waals surface area contributed by atoms with E-state index in [2.05, 4.69) is 20.3 Å². The number of thioether (sulfide) groups is 1. The summed E-state index contributed by atoms with van der Waals surface area (Å²) in [7, 11) is 1.28. The monoisotopic (exact) mass is 449 g/mol. The normalized spacial score (nSPS) is 16.9. The Morgan fingerprint density at radius 1 is 1.16 bits per heavy atom. The Labute approximate surface area is 187 Å². The highest BCUT2D eigenvalue weighted by atomic mass is 32.2. The van der Waals surface area contributed by atoms with Gasteiger partial charge in [-0.2, -0.15) is 0 Å². The van der Waals surface area contributed by atoms with Gasteiger partial charge in [0.1, 0.15) is 5.25 Å². The molecule has 1 aliphatic heterocycles. The van der Waals surface area contributed by atoms with Crippen molar-refractivity contribution in [2.75, 3.05) is 17.3 Å². The first-order valence-corrected chi connectivity index (χ1v) is 10.6. The Kier molecular flexibility index (Phi) is 6.31. The van der Waals surface area contributed by atoms with Gasteiger partial charge in [0.2, 0.25) is 5.91 Å². The molecule has 0 bridgehead atoms. The first kappa shape index (κ1) is 21.3. The number of nitrogens with zero attached hydrogens (tertiary/aromatic N) is 3. The van der Waals surface area contributed by atoms with Crippen molar-refractivity contribution in [3.63, 3.8) is 0 Å². The van der Waals surface area contributed by atoms with E-state index in [0.717, 1.165) is 11.8 Å². The lowest BCUT2D eigenvalue weighted by molar-refractivity contribution is -0.141. The molecule has 0 radical (unpaired) electrons. The number of aromatic amines is 1. The predicted octanol–water partition coefficient (Wildman–Crippen LogP) is 3.36. The topological polar surface area (TPSA) is 117 Å². The number of aromatic nitrogens is 2. The number of imidazole rings is 1. The highest BCUT2D eigenvalue weighted by Gasteiger charge is 2.40. The summed E-state index contributed by atoms with van der Waals surface area (Å²) in [6, 6.07) is 18.0. The average Bonchev–Trinajstić information content (AvgIpc) is 3.39. The third-order valence-electron chi connectivity index (χ3n) is 4.61. The molecule has 3 aromatic rings. The molecule has 1 aromatic heterocycles. The van der Waals surface area contributed by atoms with Crippen LogP contribution in [0, 0.1) is 0 Å². The largest absolute Gasteiger partial charge is 0.469 e. The molecule has 1 aliphatic rings. The van der Waals surface area contributed by atoms with Gasteiger partial charge in [0.25, 0.3) is 5.91 Å². The van der Waals surface area contributed by atoms with Gasteiger partial charge in [0, 0.05) is 5.69 Å². The number of hydrogen-bond acceptors (Lipinski definition) is 7. The summed E-state index contributed by atoms with van der Waals surface area (Å²) < 4.78 is 4.72. The molecule has 1 saturated heterocycles. The maximum atomic E-state index is 13.1. The Morgan fingerprint density at radius 3 is 2.53 bits per heavy atom. The minimum Gasteiger partial charge on any atom is -0.469 e. The smallest absolute Gasteiger partial charge is 0.307 e. The summed E-state index contributed by atoms with van der Waals surface area (Å²) in [5.41, 5.74) is 1.38. The van der Waals surface area contributed by atoms with Crippen LogP contribution in [-0.4, -0.2) is 45.3 Å². The van der Waals surface area contributed by atoms with Crippen LogP contribution in [0.1, 0.15) is 16.9 Å². The Bertz CT molecular complexity index is 1160. The third-order valence-corrected chi connectivity index (χ3v) is 5.75. The zero-order chi connectivity index (χ0) is 22.5. The number of ether oxygens (including phenoxy) is 1. The summed E-state index contributed by atoms with van der Waals surface area (Å²) in [5.74, 6) is -1.07. The van der Waals surface area contributed by atoms with E-state index in [1.807, 2.05) is 24.3 Å². The van der Waals surface area contributed by atoms with Crippen molar-refractivity contribution in [1.82, 2.24) is 9.97 Å². The maximum absolute atomic E-state index is 13.1. The van der Waals surface area contributed by atoms with E-state index in [4.69, 9.17) is 4.74 Å². The van der Waals surface area contributed by atoms with Gasteiger partial charge in [-0.25, -0.2) is 9.98 Å². The molecule has 0 unspecified atom stereocenters. The van der Waals surface area contributed by atoms with Crippen LogP contribution < -0.4 is 10.2 Å². The number of nitrogens with one attached hydrogen (secondary N) is 2. The van der Waals surface area contributed by atoms with Crippen LogP contribution in [0.5, 0.6) is 0 Å². The molecule has 0 saturated carbocycles. The molecule has 0 aliphatic carbocycles. The van der Waals surface area contributed by atoms with Gasteiger partial charge in [-0.15, -0.1) is 0 Å². The second-order valence-corrected chi connectivity index (χ2v) is 7.88. The maximum Gasteiger partial charge on any atom is 0.307 e. The molecule has 9 nitrogen and oxygen atoms in total. The number of rotatable bonds is 6. The van der Waals surface area contributed by atoms with Gasteiger partial charge in [0.15, 0.2) is 16.7 Å². The fourth-order valence-electron chi connectivity index (χ4n) is 3.07. The van der Waals surface area contributed by atoms with Crippen LogP contribution in [0.3, 0.4) is 0 Å². The zero-order valence-corrected chi connectivity index (χ0v) is 17.8. The van der Waals surface area contributed by atoms with Gasteiger partial charge >= 0.3 is 5.97 Å². The Balaban J connectivity index is 1.65. The lowest BCUT2D eigenvalue weighted by Gasteiger charge is -2.16. The van der Waals surface area contributed by atoms with E-state index in [0.29, 0.717) is 16.5 Å². The number of hydrogen-bond donors (Lipinski definition) is 2. The molecule has 10 heteroatoms. The van der Waals surface area contributed by atoms with Gasteiger partial charge in [-0.3, -0.25) is 19.3 Å². The van der Waals surface area contributed by atoms with Crippen LogP contribution in [0.2, 0.25) is 0 Å². The number of amidine groups is 1. The molecular weight excluding hydrogens is 430 g/mol. The zero-order valence-electron chi connectivity index (χ0n) is 17.0. The van der Waals surface area contributed by atoms with Crippen molar-refractivity contribution in [2.45, 2.75) is 11.7 Å². The highest BCUT2D eigenvalue weighted by molar-refractivity contribution is 8.16. The van der Waals surface area contributed by atoms with Crippen molar-refractivity contribution >= 4 is 51.9 Å². The minimum atomic E-state index is -0.693. The average molecular weight is 449 g/mol. The first-order valence-electron chi connectivity index (χ1n) is 9.67. The number of anilines is 2. The van der Waals surface area contributed by atoms with Crippen molar-refractivity contribution in [3.05, 3.63) is 72.7 Å². The summed E-state index contributed by atoms with van der Waals surface area (Å²) >= 11 is 1.13. The molecule has 2 aromatic carbocycles. The molecule has 1 atom stereocenters. The molecule has 1 fully saturated rings. The minimum absolute atomic E-state index is 0.0930. The van der Waals surface area contributed by atoms with Crippen LogP contribution in [0.15, 0.2) is 72.0 Å². The predicted molar refractivity (Wildman–Crippen MR) is 122 cm³/mol. The first-order chi connectivity index (χ1) is 15.6. The van der Waals surface area contributed by atoms with Crippen molar-refractivity contribution in [2.24, 2.45) is 4.99 Å². The van der Waals surface area contributed by atoms with E-state index in [1.54, 1.807) is 36.4 Å². The number of methoxy groups -OCH3 is 1. The summed E-state index contributed by atoms with van der Waals surface area (Å²) in [5, 5.41) is 2.40. The van der Waals surface area contributed by atoms with E-state index in [9.17, 15) is 14.4 Å². The SMILES string of the molecule is COC(=O)C[C@H]1SC(=Nc2nc[nH]c2C(=O)Nc2ccccc2)N(c2ccccc2)C1=O. The van der Waals surface area contributed by atoms with Crippen LogP contribution in [0.25, 0.3) is 0 Å². The third kappa shape index (κ3) is 4.54. The summed E-state index contributed by atoms with van der Waals surface area (Å²) in [6.07, 6.45) is 1.27. The molecule has 2 N–H and O–H groups in total. The molecule has 2 heterocycles. The second kappa shape index (κ2) is 9.48. The fourth-order valence-corrected chi connectivity index (χ4v) is 4.19. The molecule has 32 heavy (non-hydrogen) atoms. The molecule has 4 rings (SSSR count). The summed E-state index contributed by atoms with van der Waals surface area (Å²) in [4.78, 5) is 50.5. The summed E-state index contributed by atoms with van der Waals surface area (Å²) in [6.45, 7) is 0. The Hall–Kier alpha value is -3.92. The molecule has 2 amide bonds. The standard InChI is InChI=1S/C22H19N5O4S/c1-31-17(28)12-16-21(30)27(15-10-6-3-7-11-15)22(32-16)26-19-18(23-13-24-19)20(29)25-14-8-4-2-5-9-14/h2-11,13,16H,12H2,1H3,(H,23,24)(H,25,29)/t16-/m1/s1. The van der Waals surface area contributed by atoms with Crippen molar-refractivity contribution in [3.8, 4) is 0 Å². The molecular formula is C22H19N5O4S. The van der Waals surface area contributed by atoms with Crippen molar-refractivity contribution in [1.29, 1.82) is 0 Å². The van der Waals surface area contributed by atoms with Crippen molar-refractivity contribution < 1.29 is 19.1 Å². The number of amides is 2. The number of carbonyl (C=O) groups excluding carboxylic acids is 3. The fraction of sp³-hybridized carbons (Fsp3) is 0.136. The van der Waals surface area contributed by atoms with Gasteiger partial charge in [-0.1, -0.05) is 48.2 Å². The van der Waals surface area contributed by atoms with Gasteiger partial charge in [-0.05, 0) is 24.3 Å². The number of esters is 1. The second-order valence-electron chi connectivity index (χ2n) is 6.71. The number of para-hydroxylation sites is 2. The highest BCUT2D eigenvalue weighted by Crippen LogP contribution is 2.35. The number of carbonyl (C=O) groups is 3. The quantitative estimate of drug-likeness (QED) is 0.558. The van der Waals surface area contributed by atoms with E-state index >= 15 is 0 Å². The van der Waals surface area contributed by atoms with Crippen LogP contribution >= 0.6 is 11.8 Å². The number of H-pyrrole nitrogens is 1. The lowest BCUT2D eigenvalue weighted by atomic mass is 10.2. The van der Waals surface area contributed by atoms with Crippen LogP contribution in [-0.2, 0) is 14.3 Å². The number of benzene rings is 2. The van der Waals surface area contributed by atoms with E-state index in [-0.39, 0.29) is 23.8 Å². The van der Waals surface area contributed by atoms with Gasteiger partial charge in [0.05, 0.1) is 25.5 Å².